The summed E-state index contributed by atoms with van der Waals surface area (Å²) in [5.41, 5.74) is 0. The minimum absolute atomic E-state index is 0.0848. The van der Waals surface area contributed by atoms with Crippen LogP contribution in [0.25, 0.3) is 0 Å². The van der Waals surface area contributed by atoms with Gasteiger partial charge < -0.3 is 14.5 Å². The van der Waals surface area contributed by atoms with Gasteiger partial charge in [-0.15, -0.1) is 0 Å². The molecule has 1 aromatic heterocycles. The Hall–Kier alpha value is -0.800. The van der Waals surface area contributed by atoms with E-state index >= 15 is 0 Å². The molecule has 0 aliphatic carbocycles. The number of furan rings is 1. The van der Waals surface area contributed by atoms with Crippen LogP contribution in [0.1, 0.15) is 31.6 Å². The SMILES string of the molecule is CCC1CCOC(c2ccco2)CN1. The summed E-state index contributed by atoms with van der Waals surface area (Å²) in [4.78, 5) is 0. The van der Waals surface area contributed by atoms with Gasteiger partial charge in [-0.2, -0.15) is 0 Å². The molecule has 1 saturated heterocycles. The van der Waals surface area contributed by atoms with E-state index in [0.717, 1.165) is 31.8 Å². The molecular formula is C11H17NO2. The Balaban J connectivity index is 1.96. The molecule has 0 radical (unpaired) electrons. The molecule has 78 valence electrons. The molecule has 3 nitrogen and oxygen atoms in total. The summed E-state index contributed by atoms with van der Waals surface area (Å²) in [6.45, 7) is 3.87. The maximum Gasteiger partial charge on any atom is 0.133 e. The summed E-state index contributed by atoms with van der Waals surface area (Å²) < 4.78 is 11.1. The lowest BCUT2D eigenvalue weighted by Gasteiger charge is -2.13. The van der Waals surface area contributed by atoms with Crippen LogP contribution in [-0.2, 0) is 4.74 Å². The van der Waals surface area contributed by atoms with Gasteiger partial charge >= 0.3 is 0 Å². The van der Waals surface area contributed by atoms with Gasteiger partial charge in [0.15, 0.2) is 0 Å². The third-order valence-corrected chi connectivity index (χ3v) is 2.73. The highest BCUT2D eigenvalue weighted by Crippen LogP contribution is 2.20. The van der Waals surface area contributed by atoms with Crippen molar-refractivity contribution in [3.63, 3.8) is 0 Å². The second-order valence-electron chi connectivity index (χ2n) is 3.68. The zero-order valence-electron chi connectivity index (χ0n) is 8.53. The van der Waals surface area contributed by atoms with Crippen LogP contribution in [0.2, 0.25) is 0 Å². The maximum atomic E-state index is 5.72. The highest BCUT2D eigenvalue weighted by atomic mass is 16.5. The lowest BCUT2D eigenvalue weighted by molar-refractivity contribution is 0.0509. The van der Waals surface area contributed by atoms with E-state index in [0.29, 0.717) is 6.04 Å². The van der Waals surface area contributed by atoms with E-state index in [1.807, 2.05) is 12.1 Å². The predicted octanol–water partition coefficient (Wildman–Crippen LogP) is 2.11. The Kier molecular flexibility index (Phi) is 3.22. The van der Waals surface area contributed by atoms with E-state index in [4.69, 9.17) is 9.15 Å². The van der Waals surface area contributed by atoms with Gasteiger partial charge in [0.25, 0.3) is 0 Å². The Labute approximate surface area is 84.4 Å². The molecule has 1 aliphatic heterocycles. The van der Waals surface area contributed by atoms with E-state index in [9.17, 15) is 0 Å². The molecule has 14 heavy (non-hydrogen) atoms. The number of hydrogen-bond donors (Lipinski definition) is 1. The third kappa shape index (κ3) is 2.16. The molecule has 0 aromatic carbocycles. The average Bonchev–Trinajstić information content (AvgIpc) is 2.63. The van der Waals surface area contributed by atoms with Gasteiger partial charge in [0.05, 0.1) is 6.26 Å². The number of nitrogens with one attached hydrogen (secondary N) is 1. The van der Waals surface area contributed by atoms with Gasteiger partial charge in [0, 0.05) is 19.2 Å². The summed E-state index contributed by atoms with van der Waals surface area (Å²) in [6, 6.07) is 4.47. The van der Waals surface area contributed by atoms with Crippen LogP contribution in [-0.4, -0.2) is 19.2 Å². The zero-order chi connectivity index (χ0) is 9.80. The summed E-state index contributed by atoms with van der Waals surface area (Å²) in [7, 11) is 0. The molecule has 3 heteroatoms. The van der Waals surface area contributed by atoms with Crippen LogP contribution in [0.3, 0.4) is 0 Å². The smallest absolute Gasteiger partial charge is 0.133 e. The Bertz CT molecular complexity index is 258. The average molecular weight is 195 g/mol. The Morgan fingerprint density at radius 3 is 3.21 bits per heavy atom. The fourth-order valence-corrected chi connectivity index (χ4v) is 1.79. The van der Waals surface area contributed by atoms with E-state index < -0.39 is 0 Å². The summed E-state index contributed by atoms with van der Waals surface area (Å²) in [5.74, 6) is 0.925. The Morgan fingerprint density at radius 2 is 2.50 bits per heavy atom. The molecule has 0 saturated carbocycles. The number of rotatable bonds is 2. The van der Waals surface area contributed by atoms with Gasteiger partial charge in [0.1, 0.15) is 11.9 Å². The van der Waals surface area contributed by atoms with Crippen molar-refractivity contribution < 1.29 is 9.15 Å². The third-order valence-electron chi connectivity index (χ3n) is 2.73. The van der Waals surface area contributed by atoms with Crippen molar-refractivity contribution in [3.8, 4) is 0 Å². The zero-order valence-corrected chi connectivity index (χ0v) is 8.53. The lowest BCUT2D eigenvalue weighted by atomic mass is 10.1. The molecule has 2 rings (SSSR count). The van der Waals surface area contributed by atoms with Crippen molar-refractivity contribution in [3.05, 3.63) is 24.2 Å². The van der Waals surface area contributed by atoms with Crippen LogP contribution in [0.5, 0.6) is 0 Å². The van der Waals surface area contributed by atoms with E-state index in [1.165, 1.54) is 0 Å². The minimum Gasteiger partial charge on any atom is -0.467 e. The van der Waals surface area contributed by atoms with Crippen LogP contribution in [0, 0.1) is 0 Å². The largest absolute Gasteiger partial charge is 0.467 e. The first-order chi connectivity index (χ1) is 6.90. The first-order valence-corrected chi connectivity index (χ1v) is 5.28. The molecule has 1 aromatic rings. The van der Waals surface area contributed by atoms with Crippen LogP contribution in [0.4, 0.5) is 0 Å². The second kappa shape index (κ2) is 4.62. The number of ether oxygens (including phenoxy) is 1. The van der Waals surface area contributed by atoms with Gasteiger partial charge in [-0.25, -0.2) is 0 Å². The predicted molar refractivity (Wildman–Crippen MR) is 54.1 cm³/mol. The van der Waals surface area contributed by atoms with E-state index in [2.05, 4.69) is 12.2 Å². The normalized spacial score (nSPS) is 28.6. The summed E-state index contributed by atoms with van der Waals surface area (Å²) in [6.07, 6.45) is 4.03. The second-order valence-corrected chi connectivity index (χ2v) is 3.68. The number of hydrogen-bond acceptors (Lipinski definition) is 3. The van der Waals surface area contributed by atoms with E-state index in [1.54, 1.807) is 6.26 Å². The van der Waals surface area contributed by atoms with Crippen molar-refractivity contribution in [2.45, 2.75) is 31.9 Å². The molecule has 0 spiro atoms. The van der Waals surface area contributed by atoms with Crippen molar-refractivity contribution in [1.82, 2.24) is 5.32 Å². The van der Waals surface area contributed by atoms with Crippen LogP contribution < -0.4 is 5.32 Å². The van der Waals surface area contributed by atoms with Gasteiger partial charge in [0.2, 0.25) is 0 Å². The molecule has 0 amide bonds. The van der Waals surface area contributed by atoms with Crippen LogP contribution in [0.15, 0.2) is 22.8 Å². The highest BCUT2D eigenvalue weighted by molar-refractivity contribution is 5.03. The fraction of sp³-hybridized carbons (Fsp3) is 0.636. The molecule has 2 atom stereocenters. The van der Waals surface area contributed by atoms with Gasteiger partial charge in [-0.05, 0) is 25.0 Å². The lowest BCUT2D eigenvalue weighted by Crippen LogP contribution is -2.29. The first-order valence-electron chi connectivity index (χ1n) is 5.28. The molecule has 2 heterocycles. The van der Waals surface area contributed by atoms with Gasteiger partial charge in [-0.3, -0.25) is 0 Å². The summed E-state index contributed by atoms with van der Waals surface area (Å²) in [5, 5.41) is 3.48. The fourth-order valence-electron chi connectivity index (χ4n) is 1.79. The Morgan fingerprint density at radius 1 is 1.57 bits per heavy atom. The molecule has 2 unspecified atom stereocenters. The van der Waals surface area contributed by atoms with E-state index in [-0.39, 0.29) is 6.10 Å². The van der Waals surface area contributed by atoms with Crippen molar-refractivity contribution in [2.24, 2.45) is 0 Å². The molecule has 1 aliphatic rings. The topological polar surface area (TPSA) is 34.4 Å². The monoisotopic (exact) mass is 195 g/mol. The first kappa shape index (κ1) is 9.74. The van der Waals surface area contributed by atoms with Crippen molar-refractivity contribution >= 4 is 0 Å². The van der Waals surface area contributed by atoms with Crippen molar-refractivity contribution in [2.75, 3.05) is 13.2 Å². The van der Waals surface area contributed by atoms with Crippen LogP contribution >= 0.6 is 0 Å². The molecular weight excluding hydrogens is 178 g/mol. The maximum absolute atomic E-state index is 5.72. The van der Waals surface area contributed by atoms with Gasteiger partial charge in [-0.1, -0.05) is 6.92 Å². The van der Waals surface area contributed by atoms with Crippen molar-refractivity contribution in [1.29, 1.82) is 0 Å². The molecule has 1 fully saturated rings. The highest BCUT2D eigenvalue weighted by Gasteiger charge is 2.20. The molecule has 1 N–H and O–H groups in total. The standard InChI is InChI=1S/C11H17NO2/c1-2-9-5-7-14-11(8-12-9)10-4-3-6-13-10/h3-4,6,9,11-12H,2,5,7-8H2,1H3. The summed E-state index contributed by atoms with van der Waals surface area (Å²) >= 11 is 0. The quantitative estimate of drug-likeness (QED) is 0.784. The molecule has 0 bridgehead atoms. The minimum atomic E-state index is 0.0848.